The molecule has 5 rings (SSSR count). The maximum atomic E-state index is 13.1. The number of aromatic nitrogens is 2. The number of aromatic amines is 1. The maximum absolute atomic E-state index is 13.1. The highest BCUT2D eigenvalue weighted by Gasteiger charge is 2.32. The largest absolute Gasteiger partial charge is 0.416 e. The van der Waals surface area contributed by atoms with Gasteiger partial charge in [-0.2, -0.15) is 18.3 Å². The zero-order valence-corrected chi connectivity index (χ0v) is 21.7. The predicted molar refractivity (Wildman–Crippen MR) is 141 cm³/mol. The summed E-state index contributed by atoms with van der Waals surface area (Å²) in [7, 11) is 0. The molecule has 3 aromatic rings. The van der Waals surface area contributed by atoms with Crippen molar-refractivity contribution in [2.45, 2.75) is 57.4 Å². The van der Waals surface area contributed by atoms with Gasteiger partial charge in [0.1, 0.15) is 0 Å². The SMILES string of the molecule is O=C(N[C@H]1CC[C@H](CNc2n[nH]c3c2CN(Cc2ccccc2)CC3)CC1)c1cc(C(F)(F)F)ccc1Cl. The molecular formula is C28H31ClF3N5O. The number of benzene rings is 2. The molecule has 1 fully saturated rings. The normalized spacial score (nSPS) is 20.1. The molecule has 2 aliphatic rings. The number of carbonyl (C=O) groups is 1. The van der Waals surface area contributed by atoms with E-state index in [4.69, 9.17) is 11.6 Å². The molecule has 10 heteroatoms. The van der Waals surface area contributed by atoms with Crippen LogP contribution in [0.15, 0.2) is 48.5 Å². The highest BCUT2D eigenvalue weighted by atomic mass is 35.5. The van der Waals surface area contributed by atoms with E-state index in [1.165, 1.54) is 16.8 Å². The van der Waals surface area contributed by atoms with Crippen molar-refractivity contribution in [2.24, 2.45) is 5.92 Å². The smallest absolute Gasteiger partial charge is 0.368 e. The molecule has 2 heterocycles. The lowest BCUT2D eigenvalue weighted by atomic mass is 9.86. The van der Waals surface area contributed by atoms with Crippen LogP contribution in [-0.2, 0) is 25.7 Å². The molecule has 6 nitrogen and oxygen atoms in total. The third kappa shape index (κ3) is 6.32. The third-order valence-corrected chi connectivity index (χ3v) is 7.87. The molecule has 38 heavy (non-hydrogen) atoms. The number of alkyl halides is 3. The van der Waals surface area contributed by atoms with Crippen molar-refractivity contribution < 1.29 is 18.0 Å². The highest BCUT2D eigenvalue weighted by molar-refractivity contribution is 6.33. The van der Waals surface area contributed by atoms with E-state index in [1.807, 2.05) is 6.07 Å². The van der Waals surface area contributed by atoms with Gasteiger partial charge in [0.2, 0.25) is 0 Å². The first-order chi connectivity index (χ1) is 18.3. The van der Waals surface area contributed by atoms with Crippen molar-refractivity contribution in [3.63, 3.8) is 0 Å². The number of nitrogens with zero attached hydrogens (tertiary/aromatic N) is 2. The second-order valence-electron chi connectivity index (χ2n) is 10.2. The van der Waals surface area contributed by atoms with Crippen molar-refractivity contribution in [1.82, 2.24) is 20.4 Å². The Hall–Kier alpha value is -3.04. The van der Waals surface area contributed by atoms with Gasteiger partial charge < -0.3 is 10.6 Å². The number of halogens is 4. The van der Waals surface area contributed by atoms with Crippen LogP contribution < -0.4 is 10.6 Å². The molecule has 2 aromatic carbocycles. The zero-order valence-electron chi connectivity index (χ0n) is 21.0. The third-order valence-electron chi connectivity index (χ3n) is 7.54. The molecule has 202 valence electrons. The average Bonchev–Trinajstić information content (AvgIpc) is 3.30. The Morgan fingerprint density at radius 1 is 1.11 bits per heavy atom. The Kier molecular flexibility index (Phi) is 7.95. The van der Waals surface area contributed by atoms with Crippen molar-refractivity contribution in [3.8, 4) is 0 Å². The van der Waals surface area contributed by atoms with E-state index in [-0.39, 0.29) is 16.6 Å². The number of fused-ring (bicyclic) bond motifs is 1. The van der Waals surface area contributed by atoms with Crippen molar-refractivity contribution in [3.05, 3.63) is 81.5 Å². The van der Waals surface area contributed by atoms with Gasteiger partial charge >= 0.3 is 6.18 Å². The molecule has 3 N–H and O–H groups in total. The Bertz CT molecular complexity index is 1260. The summed E-state index contributed by atoms with van der Waals surface area (Å²) in [5.41, 5.74) is 2.69. The van der Waals surface area contributed by atoms with Crippen molar-refractivity contribution >= 4 is 23.3 Å². The standard InChI is InChI=1S/C28H31ClF3N5O/c29-24-11-8-20(28(30,31)32)14-22(24)27(38)34-21-9-6-18(7-10-21)15-33-26-23-17-37(13-12-25(23)35-36-26)16-19-4-2-1-3-5-19/h1-5,8,11,14,18,21H,6-7,9-10,12-13,15-17H2,(H,34,38)(H2,33,35,36)/t18-,21-. The molecule has 1 saturated carbocycles. The lowest BCUT2D eigenvalue weighted by Gasteiger charge is -2.30. The summed E-state index contributed by atoms with van der Waals surface area (Å²) < 4.78 is 39.2. The van der Waals surface area contributed by atoms with Crippen molar-refractivity contribution in [1.29, 1.82) is 0 Å². The van der Waals surface area contributed by atoms with Crippen LogP contribution in [0.3, 0.4) is 0 Å². The molecule has 0 unspecified atom stereocenters. The summed E-state index contributed by atoms with van der Waals surface area (Å²) in [6.45, 7) is 3.54. The van der Waals surface area contributed by atoms with Crippen LogP contribution in [0.5, 0.6) is 0 Å². The number of hydrogen-bond donors (Lipinski definition) is 3. The molecule has 1 aliphatic carbocycles. The number of hydrogen-bond acceptors (Lipinski definition) is 4. The minimum absolute atomic E-state index is 0.0121. The van der Waals surface area contributed by atoms with E-state index in [0.29, 0.717) is 5.92 Å². The summed E-state index contributed by atoms with van der Waals surface area (Å²) in [6, 6.07) is 13.2. The van der Waals surface area contributed by atoms with Crippen LogP contribution in [0.2, 0.25) is 5.02 Å². The minimum atomic E-state index is -4.53. The molecule has 0 atom stereocenters. The molecule has 0 bridgehead atoms. The summed E-state index contributed by atoms with van der Waals surface area (Å²) in [5.74, 6) is 0.773. The van der Waals surface area contributed by atoms with Gasteiger partial charge in [0.25, 0.3) is 5.91 Å². The number of rotatable bonds is 7. The molecule has 1 amide bonds. The fraction of sp³-hybridized carbons (Fsp3) is 0.429. The van der Waals surface area contributed by atoms with Crippen LogP contribution in [0.25, 0.3) is 0 Å². The van der Waals surface area contributed by atoms with Gasteiger partial charge in [0.15, 0.2) is 5.82 Å². The van der Waals surface area contributed by atoms with Crippen LogP contribution in [-0.4, -0.2) is 40.1 Å². The number of carbonyl (C=O) groups excluding carboxylic acids is 1. The molecule has 0 saturated heterocycles. The number of anilines is 1. The van der Waals surface area contributed by atoms with Crippen LogP contribution in [0, 0.1) is 5.92 Å². The second-order valence-corrected chi connectivity index (χ2v) is 10.6. The van der Waals surface area contributed by atoms with E-state index < -0.39 is 17.6 Å². The number of nitrogens with one attached hydrogen (secondary N) is 3. The van der Waals surface area contributed by atoms with Gasteiger partial charge in [-0.1, -0.05) is 41.9 Å². The average molecular weight is 546 g/mol. The fourth-order valence-electron chi connectivity index (χ4n) is 5.36. The second kappa shape index (κ2) is 11.4. The highest BCUT2D eigenvalue weighted by Crippen LogP contribution is 2.32. The Labute approximate surface area is 224 Å². The summed E-state index contributed by atoms with van der Waals surface area (Å²) >= 11 is 6.02. The van der Waals surface area contributed by atoms with Gasteiger partial charge in [-0.15, -0.1) is 0 Å². The first-order valence-electron chi connectivity index (χ1n) is 13.0. The van der Waals surface area contributed by atoms with E-state index in [0.717, 1.165) is 82.3 Å². The van der Waals surface area contributed by atoms with Gasteiger partial charge in [0, 0.05) is 49.9 Å². The first kappa shape index (κ1) is 26.6. The molecular weight excluding hydrogens is 515 g/mol. The molecule has 1 aromatic heterocycles. The zero-order chi connectivity index (χ0) is 26.7. The van der Waals surface area contributed by atoms with Gasteiger partial charge in [-0.3, -0.25) is 14.8 Å². The monoisotopic (exact) mass is 545 g/mol. The quantitative estimate of drug-likeness (QED) is 0.338. The van der Waals surface area contributed by atoms with Crippen LogP contribution in [0.1, 0.15) is 58.4 Å². The minimum Gasteiger partial charge on any atom is -0.368 e. The van der Waals surface area contributed by atoms with Crippen LogP contribution in [0.4, 0.5) is 19.0 Å². The topological polar surface area (TPSA) is 73.0 Å². The summed E-state index contributed by atoms with van der Waals surface area (Å²) in [6.07, 6.45) is -0.256. The lowest BCUT2D eigenvalue weighted by Crippen LogP contribution is -2.38. The van der Waals surface area contributed by atoms with E-state index in [1.54, 1.807) is 0 Å². The predicted octanol–water partition coefficient (Wildman–Crippen LogP) is 6.04. The van der Waals surface area contributed by atoms with E-state index in [2.05, 4.69) is 50.0 Å². The summed E-state index contributed by atoms with van der Waals surface area (Å²) in [4.78, 5) is 15.1. The fourth-order valence-corrected chi connectivity index (χ4v) is 5.57. The van der Waals surface area contributed by atoms with Gasteiger partial charge in [0.05, 0.1) is 16.1 Å². The number of H-pyrrole nitrogens is 1. The lowest BCUT2D eigenvalue weighted by molar-refractivity contribution is -0.137. The Morgan fingerprint density at radius 3 is 2.61 bits per heavy atom. The summed E-state index contributed by atoms with van der Waals surface area (Å²) in [5, 5.41) is 14.1. The van der Waals surface area contributed by atoms with Gasteiger partial charge in [-0.05, 0) is 55.4 Å². The van der Waals surface area contributed by atoms with Gasteiger partial charge in [-0.25, -0.2) is 0 Å². The number of amides is 1. The van der Waals surface area contributed by atoms with E-state index in [9.17, 15) is 18.0 Å². The molecule has 0 spiro atoms. The Morgan fingerprint density at radius 2 is 1.87 bits per heavy atom. The molecule has 1 aliphatic heterocycles. The molecule has 0 radical (unpaired) electrons. The van der Waals surface area contributed by atoms with Crippen LogP contribution >= 0.6 is 11.6 Å². The van der Waals surface area contributed by atoms with Crippen molar-refractivity contribution in [2.75, 3.05) is 18.4 Å². The first-order valence-corrected chi connectivity index (χ1v) is 13.4. The maximum Gasteiger partial charge on any atom is 0.416 e. The van der Waals surface area contributed by atoms with E-state index >= 15 is 0 Å². The Balaban J connectivity index is 1.10.